The summed E-state index contributed by atoms with van der Waals surface area (Å²) in [7, 11) is -0.826. The number of hydrogen-bond acceptors (Lipinski definition) is 5. The van der Waals surface area contributed by atoms with Gasteiger partial charge in [-0.2, -0.15) is 4.31 Å². The molecule has 0 aliphatic carbocycles. The monoisotopic (exact) mass is 418 g/mol. The number of nitrogens with zero attached hydrogens (tertiary/aromatic N) is 1. The van der Waals surface area contributed by atoms with Crippen molar-refractivity contribution in [1.29, 1.82) is 0 Å². The van der Waals surface area contributed by atoms with Crippen LogP contribution in [0.3, 0.4) is 0 Å². The fraction of sp³-hybridized carbons (Fsp3) is 0.381. The van der Waals surface area contributed by atoms with E-state index in [0.717, 1.165) is 25.7 Å². The van der Waals surface area contributed by atoms with Crippen molar-refractivity contribution in [1.82, 2.24) is 4.31 Å². The molecule has 0 spiro atoms. The third-order valence-corrected chi connectivity index (χ3v) is 6.88. The lowest BCUT2D eigenvalue weighted by molar-refractivity contribution is 0.102. The topological polar surface area (TPSA) is 84.9 Å². The molecule has 2 aromatic rings. The number of methoxy groups -OCH3 is 2. The lowest BCUT2D eigenvalue weighted by Crippen LogP contribution is -2.32. The first-order valence-corrected chi connectivity index (χ1v) is 11.0. The van der Waals surface area contributed by atoms with Crippen LogP contribution in [0.1, 0.15) is 36.0 Å². The Hall–Kier alpha value is -2.58. The maximum atomic E-state index is 13.2. The Kier molecular flexibility index (Phi) is 6.76. The van der Waals surface area contributed by atoms with Crippen LogP contribution in [0.4, 0.5) is 5.69 Å². The Morgan fingerprint density at radius 3 is 2.24 bits per heavy atom. The van der Waals surface area contributed by atoms with Gasteiger partial charge in [-0.25, -0.2) is 8.42 Å². The van der Waals surface area contributed by atoms with Gasteiger partial charge in [0, 0.05) is 18.7 Å². The molecule has 0 bridgehead atoms. The molecule has 1 aliphatic heterocycles. The number of carbonyl (C=O) groups excluding carboxylic acids is 1. The lowest BCUT2D eigenvalue weighted by Gasteiger charge is -2.21. The van der Waals surface area contributed by atoms with Gasteiger partial charge in [0.1, 0.15) is 16.4 Å². The number of para-hydroxylation sites is 2. The van der Waals surface area contributed by atoms with Crippen molar-refractivity contribution in [3.05, 3.63) is 48.0 Å². The zero-order chi connectivity index (χ0) is 20.9. The lowest BCUT2D eigenvalue weighted by atomic mass is 10.2. The SMILES string of the molecule is COc1ccccc1NC(=O)c1ccc(OC)c(S(=O)(=O)N2CCCCCC2)c1. The minimum atomic E-state index is -3.77. The summed E-state index contributed by atoms with van der Waals surface area (Å²) < 4.78 is 38.5. The van der Waals surface area contributed by atoms with Crippen LogP contribution in [-0.4, -0.2) is 45.9 Å². The Bertz CT molecular complexity index is 967. The fourth-order valence-corrected chi connectivity index (χ4v) is 5.08. The standard InChI is InChI=1S/C21H26N2O5S/c1-27-18-10-6-5-9-17(18)22-21(24)16-11-12-19(28-2)20(15-16)29(25,26)23-13-7-3-4-8-14-23/h5-6,9-12,15H,3-4,7-8,13-14H2,1-2H3,(H,22,24). The second-order valence-corrected chi connectivity index (χ2v) is 8.74. The van der Waals surface area contributed by atoms with Gasteiger partial charge in [-0.3, -0.25) is 4.79 Å². The van der Waals surface area contributed by atoms with Crippen molar-refractivity contribution in [2.24, 2.45) is 0 Å². The normalized spacial score (nSPS) is 15.4. The van der Waals surface area contributed by atoms with Gasteiger partial charge in [0.15, 0.2) is 0 Å². The minimum Gasteiger partial charge on any atom is -0.495 e. The largest absolute Gasteiger partial charge is 0.495 e. The van der Waals surface area contributed by atoms with E-state index in [1.54, 1.807) is 30.3 Å². The number of rotatable bonds is 6. The summed E-state index contributed by atoms with van der Waals surface area (Å²) in [6.45, 7) is 0.951. The van der Waals surface area contributed by atoms with E-state index < -0.39 is 15.9 Å². The highest BCUT2D eigenvalue weighted by Gasteiger charge is 2.29. The van der Waals surface area contributed by atoms with E-state index >= 15 is 0 Å². The number of ether oxygens (including phenoxy) is 2. The molecule has 156 valence electrons. The summed E-state index contributed by atoms with van der Waals surface area (Å²) >= 11 is 0. The molecule has 0 radical (unpaired) electrons. The maximum Gasteiger partial charge on any atom is 0.255 e. The van der Waals surface area contributed by atoms with Crippen molar-refractivity contribution in [2.45, 2.75) is 30.6 Å². The molecule has 1 fully saturated rings. The molecule has 1 N–H and O–H groups in total. The molecule has 0 aromatic heterocycles. The van der Waals surface area contributed by atoms with Crippen LogP contribution in [0, 0.1) is 0 Å². The van der Waals surface area contributed by atoms with Gasteiger partial charge >= 0.3 is 0 Å². The summed E-state index contributed by atoms with van der Waals surface area (Å²) in [5.41, 5.74) is 0.734. The van der Waals surface area contributed by atoms with Crippen LogP contribution < -0.4 is 14.8 Å². The number of carbonyl (C=O) groups is 1. The quantitative estimate of drug-likeness (QED) is 0.776. The Morgan fingerprint density at radius 2 is 1.59 bits per heavy atom. The van der Waals surface area contributed by atoms with Crippen LogP contribution >= 0.6 is 0 Å². The summed E-state index contributed by atoms with van der Waals surface area (Å²) in [6.07, 6.45) is 3.69. The molecule has 7 nitrogen and oxygen atoms in total. The van der Waals surface area contributed by atoms with Crippen molar-refractivity contribution in [2.75, 3.05) is 32.6 Å². The van der Waals surface area contributed by atoms with Gasteiger partial charge in [0.25, 0.3) is 5.91 Å². The van der Waals surface area contributed by atoms with Crippen molar-refractivity contribution in [3.8, 4) is 11.5 Å². The van der Waals surface area contributed by atoms with Gasteiger partial charge in [0.2, 0.25) is 10.0 Å². The molecule has 1 amide bonds. The molecule has 1 heterocycles. The summed E-state index contributed by atoms with van der Waals surface area (Å²) in [4.78, 5) is 12.8. The van der Waals surface area contributed by atoms with Gasteiger partial charge in [-0.15, -0.1) is 0 Å². The maximum absolute atomic E-state index is 13.2. The highest BCUT2D eigenvalue weighted by atomic mass is 32.2. The zero-order valence-corrected chi connectivity index (χ0v) is 17.5. The van der Waals surface area contributed by atoms with Gasteiger partial charge in [-0.1, -0.05) is 25.0 Å². The molecular weight excluding hydrogens is 392 g/mol. The van der Waals surface area contributed by atoms with Gasteiger partial charge in [-0.05, 0) is 43.2 Å². The van der Waals surface area contributed by atoms with Crippen LogP contribution in [-0.2, 0) is 10.0 Å². The van der Waals surface area contributed by atoms with Crippen LogP contribution in [0.5, 0.6) is 11.5 Å². The number of hydrogen-bond donors (Lipinski definition) is 1. The minimum absolute atomic E-state index is 0.00887. The molecule has 0 saturated carbocycles. The molecule has 0 unspecified atom stereocenters. The Labute approximate surface area is 171 Å². The van der Waals surface area contributed by atoms with Gasteiger partial charge in [0.05, 0.1) is 19.9 Å². The smallest absolute Gasteiger partial charge is 0.255 e. The summed E-state index contributed by atoms with van der Waals surface area (Å²) in [6, 6.07) is 11.5. The van der Waals surface area contributed by atoms with E-state index in [-0.39, 0.29) is 16.2 Å². The highest BCUT2D eigenvalue weighted by Crippen LogP contribution is 2.30. The van der Waals surface area contributed by atoms with E-state index in [1.807, 2.05) is 0 Å². The second kappa shape index (κ2) is 9.28. The van der Waals surface area contributed by atoms with E-state index in [9.17, 15) is 13.2 Å². The Morgan fingerprint density at radius 1 is 0.931 bits per heavy atom. The first-order chi connectivity index (χ1) is 14.0. The zero-order valence-electron chi connectivity index (χ0n) is 16.7. The molecule has 0 atom stereocenters. The fourth-order valence-electron chi connectivity index (χ4n) is 3.38. The molecular formula is C21H26N2O5S. The molecule has 1 aliphatic rings. The predicted molar refractivity (Wildman–Crippen MR) is 111 cm³/mol. The molecule has 29 heavy (non-hydrogen) atoms. The summed E-state index contributed by atoms with van der Waals surface area (Å²) in [5.74, 6) is 0.319. The number of amides is 1. The molecule has 2 aromatic carbocycles. The van der Waals surface area contributed by atoms with E-state index in [2.05, 4.69) is 5.32 Å². The third kappa shape index (κ3) is 4.71. The van der Waals surface area contributed by atoms with E-state index in [0.29, 0.717) is 24.5 Å². The first kappa shape index (κ1) is 21.1. The molecule has 3 rings (SSSR count). The first-order valence-electron chi connectivity index (χ1n) is 9.60. The van der Waals surface area contributed by atoms with Crippen molar-refractivity contribution in [3.63, 3.8) is 0 Å². The van der Waals surface area contributed by atoms with Gasteiger partial charge < -0.3 is 14.8 Å². The highest BCUT2D eigenvalue weighted by molar-refractivity contribution is 7.89. The van der Waals surface area contributed by atoms with Crippen LogP contribution in [0.15, 0.2) is 47.4 Å². The molecule has 1 saturated heterocycles. The predicted octanol–water partition coefficient (Wildman–Crippen LogP) is 3.52. The van der Waals surface area contributed by atoms with Crippen LogP contribution in [0.2, 0.25) is 0 Å². The number of sulfonamides is 1. The van der Waals surface area contributed by atoms with Crippen LogP contribution in [0.25, 0.3) is 0 Å². The average molecular weight is 419 g/mol. The van der Waals surface area contributed by atoms with E-state index in [1.165, 1.54) is 30.7 Å². The Balaban J connectivity index is 1.93. The summed E-state index contributed by atoms with van der Waals surface area (Å²) in [5, 5.41) is 2.77. The number of nitrogens with one attached hydrogen (secondary N) is 1. The number of anilines is 1. The van der Waals surface area contributed by atoms with E-state index in [4.69, 9.17) is 9.47 Å². The second-order valence-electron chi connectivity index (χ2n) is 6.84. The number of benzene rings is 2. The third-order valence-electron chi connectivity index (χ3n) is 4.96. The van der Waals surface area contributed by atoms with Crippen molar-refractivity contribution < 1.29 is 22.7 Å². The molecule has 8 heteroatoms. The average Bonchev–Trinajstić information content (AvgIpc) is 3.04. The van der Waals surface area contributed by atoms with Crippen molar-refractivity contribution >= 4 is 21.6 Å².